The van der Waals surface area contributed by atoms with Gasteiger partial charge < -0.3 is 5.21 Å². The molecule has 2 aromatic rings. The van der Waals surface area contributed by atoms with Crippen molar-refractivity contribution in [1.29, 1.82) is 0 Å². The van der Waals surface area contributed by atoms with Gasteiger partial charge in [0, 0.05) is 10.9 Å². The molecule has 0 aliphatic carbocycles. The molecule has 72 valence electrons. The van der Waals surface area contributed by atoms with E-state index >= 15 is 0 Å². The lowest BCUT2D eigenvalue weighted by Gasteiger charge is -1.96. The highest BCUT2D eigenvalue weighted by molar-refractivity contribution is 7.08. The maximum absolute atomic E-state index is 8.82. The molecule has 0 spiro atoms. The molecule has 2 heterocycles. The molecular formula is C7H7N5OS. The highest BCUT2D eigenvalue weighted by atomic mass is 32.1. The second-order valence-electron chi connectivity index (χ2n) is 2.56. The van der Waals surface area contributed by atoms with Crippen molar-refractivity contribution in [2.45, 2.75) is 6.92 Å². The smallest absolute Gasteiger partial charge is 0.222 e. The molecule has 0 amide bonds. The molecule has 0 radical (unpaired) electrons. The van der Waals surface area contributed by atoms with Crippen LogP contribution in [0.15, 0.2) is 22.0 Å². The average Bonchev–Trinajstić information content (AvgIpc) is 2.79. The number of rotatable bonds is 1. The molecule has 0 aliphatic heterocycles. The Hall–Kier alpha value is -1.76. The number of aromatic nitrogens is 4. The lowest BCUT2D eigenvalue weighted by Crippen LogP contribution is -2.16. The summed E-state index contributed by atoms with van der Waals surface area (Å²) < 4.78 is 0. The molecular weight excluding hydrogens is 202 g/mol. The first-order chi connectivity index (χ1) is 6.81. The zero-order valence-corrected chi connectivity index (χ0v) is 8.14. The molecule has 0 aromatic carbocycles. The summed E-state index contributed by atoms with van der Waals surface area (Å²) in [6.45, 7) is 1.71. The van der Waals surface area contributed by atoms with E-state index in [1.807, 2.05) is 16.8 Å². The molecule has 7 heteroatoms. The van der Waals surface area contributed by atoms with E-state index in [9.17, 15) is 0 Å². The van der Waals surface area contributed by atoms with Crippen molar-refractivity contribution in [3.8, 4) is 0 Å². The third kappa shape index (κ3) is 1.49. The van der Waals surface area contributed by atoms with Crippen molar-refractivity contribution < 1.29 is 5.21 Å². The summed E-state index contributed by atoms with van der Waals surface area (Å²) >= 11 is 1.50. The number of hydrogen-bond acceptors (Lipinski definition) is 6. The molecule has 0 aliphatic rings. The van der Waals surface area contributed by atoms with E-state index in [0.717, 1.165) is 5.56 Å². The molecule has 0 saturated carbocycles. The van der Waals surface area contributed by atoms with Gasteiger partial charge in [-0.1, -0.05) is 5.16 Å². The van der Waals surface area contributed by atoms with Crippen molar-refractivity contribution in [3.63, 3.8) is 0 Å². The lowest BCUT2D eigenvalue weighted by atomic mass is 10.3. The van der Waals surface area contributed by atoms with E-state index in [4.69, 9.17) is 5.21 Å². The molecule has 0 unspecified atom stereocenters. The first-order valence-corrected chi connectivity index (χ1v) is 4.77. The molecule has 0 fully saturated rings. The van der Waals surface area contributed by atoms with Crippen LogP contribution in [0.4, 0.5) is 0 Å². The number of oxime groups is 1. The predicted octanol–water partition coefficient (Wildman–Crippen LogP) is 0.727. The standard InChI is InChI=1S/C7H7N5OS/c1-5-8-11-12(9-5)7(10-13)6-2-3-14-4-6/h2-4,13H,1H3/b10-7-. The van der Waals surface area contributed by atoms with E-state index in [2.05, 4.69) is 20.6 Å². The molecule has 2 aromatic heterocycles. The fourth-order valence-electron chi connectivity index (χ4n) is 0.979. The van der Waals surface area contributed by atoms with Crippen molar-refractivity contribution in [3.05, 3.63) is 28.2 Å². The Morgan fingerprint density at radius 1 is 1.64 bits per heavy atom. The van der Waals surface area contributed by atoms with Crippen molar-refractivity contribution in [2.75, 3.05) is 0 Å². The average molecular weight is 209 g/mol. The van der Waals surface area contributed by atoms with Crippen LogP contribution in [0.5, 0.6) is 0 Å². The normalized spacial score (nSPS) is 11.9. The van der Waals surface area contributed by atoms with E-state index < -0.39 is 0 Å². The van der Waals surface area contributed by atoms with Gasteiger partial charge in [-0.2, -0.15) is 11.3 Å². The maximum atomic E-state index is 8.82. The zero-order valence-electron chi connectivity index (χ0n) is 7.32. The Balaban J connectivity index is 2.42. The van der Waals surface area contributed by atoms with E-state index in [-0.39, 0.29) is 5.84 Å². The van der Waals surface area contributed by atoms with Crippen molar-refractivity contribution in [2.24, 2.45) is 5.16 Å². The third-order valence-electron chi connectivity index (χ3n) is 1.58. The second-order valence-corrected chi connectivity index (χ2v) is 3.34. The molecule has 0 atom stereocenters. The van der Waals surface area contributed by atoms with Crippen LogP contribution in [0.1, 0.15) is 11.4 Å². The first kappa shape index (κ1) is 8.82. The van der Waals surface area contributed by atoms with Crippen LogP contribution in [-0.2, 0) is 0 Å². The summed E-state index contributed by atoms with van der Waals surface area (Å²) in [6, 6.07) is 1.82. The minimum Gasteiger partial charge on any atom is -0.409 e. The van der Waals surface area contributed by atoms with E-state index in [1.54, 1.807) is 6.92 Å². The Bertz CT molecular complexity index is 446. The highest BCUT2D eigenvalue weighted by Gasteiger charge is 2.10. The van der Waals surface area contributed by atoms with Gasteiger partial charge in [-0.3, -0.25) is 0 Å². The fourth-order valence-corrected chi connectivity index (χ4v) is 1.61. The number of hydrogen-bond donors (Lipinski definition) is 1. The number of nitrogens with zero attached hydrogens (tertiary/aromatic N) is 5. The Morgan fingerprint density at radius 2 is 2.50 bits per heavy atom. The number of aryl methyl sites for hydroxylation is 1. The van der Waals surface area contributed by atoms with Crippen LogP contribution in [0.25, 0.3) is 0 Å². The fraction of sp³-hybridized carbons (Fsp3) is 0.143. The largest absolute Gasteiger partial charge is 0.409 e. The summed E-state index contributed by atoms with van der Waals surface area (Å²) in [6.07, 6.45) is 0. The minimum absolute atomic E-state index is 0.270. The van der Waals surface area contributed by atoms with Crippen LogP contribution in [0.2, 0.25) is 0 Å². The van der Waals surface area contributed by atoms with Gasteiger partial charge in [0.2, 0.25) is 5.84 Å². The topological polar surface area (TPSA) is 76.2 Å². The van der Waals surface area contributed by atoms with Crippen molar-refractivity contribution >= 4 is 17.2 Å². The lowest BCUT2D eigenvalue weighted by molar-refractivity contribution is 0.315. The minimum atomic E-state index is 0.270. The van der Waals surface area contributed by atoms with Crippen LogP contribution in [0, 0.1) is 6.92 Å². The molecule has 6 nitrogen and oxygen atoms in total. The van der Waals surface area contributed by atoms with Gasteiger partial charge in [-0.05, 0) is 23.6 Å². The van der Waals surface area contributed by atoms with E-state index in [0.29, 0.717) is 5.82 Å². The molecule has 0 saturated heterocycles. The predicted molar refractivity (Wildman–Crippen MR) is 50.6 cm³/mol. The summed E-state index contributed by atoms with van der Waals surface area (Å²) in [5, 5.41) is 27.0. The van der Waals surface area contributed by atoms with Crippen LogP contribution in [-0.4, -0.2) is 31.3 Å². The third-order valence-corrected chi connectivity index (χ3v) is 2.26. The van der Waals surface area contributed by atoms with Gasteiger partial charge in [0.25, 0.3) is 0 Å². The summed E-state index contributed by atoms with van der Waals surface area (Å²) in [4.78, 5) is 1.19. The monoisotopic (exact) mass is 209 g/mol. The van der Waals surface area contributed by atoms with Gasteiger partial charge in [-0.25, -0.2) is 0 Å². The molecule has 2 rings (SSSR count). The van der Waals surface area contributed by atoms with Gasteiger partial charge in [-0.15, -0.1) is 15.0 Å². The SMILES string of the molecule is Cc1nnn(/C(=N\O)c2ccsc2)n1. The first-order valence-electron chi connectivity index (χ1n) is 3.83. The maximum Gasteiger partial charge on any atom is 0.222 e. The summed E-state index contributed by atoms with van der Waals surface area (Å²) in [5.74, 6) is 0.799. The highest BCUT2D eigenvalue weighted by Crippen LogP contribution is 2.07. The Morgan fingerprint density at radius 3 is 3.00 bits per heavy atom. The number of thiophene rings is 1. The Labute approximate surface area is 83.5 Å². The zero-order chi connectivity index (χ0) is 9.97. The van der Waals surface area contributed by atoms with Gasteiger partial charge in [0.1, 0.15) is 0 Å². The van der Waals surface area contributed by atoms with Gasteiger partial charge >= 0.3 is 0 Å². The Kier molecular flexibility index (Phi) is 2.23. The van der Waals surface area contributed by atoms with Crippen LogP contribution >= 0.6 is 11.3 Å². The summed E-state index contributed by atoms with van der Waals surface area (Å²) in [7, 11) is 0. The number of tetrazole rings is 1. The van der Waals surface area contributed by atoms with Crippen LogP contribution < -0.4 is 0 Å². The van der Waals surface area contributed by atoms with E-state index in [1.165, 1.54) is 16.1 Å². The molecule has 0 bridgehead atoms. The van der Waals surface area contributed by atoms with Gasteiger partial charge in [0.05, 0.1) is 0 Å². The molecule has 14 heavy (non-hydrogen) atoms. The van der Waals surface area contributed by atoms with Crippen molar-refractivity contribution in [1.82, 2.24) is 20.2 Å². The van der Waals surface area contributed by atoms with Gasteiger partial charge in [0.15, 0.2) is 5.82 Å². The summed E-state index contributed by atoms with van der Waals surface area (Å²) in [5.41, 5.74) is 0.759. The second kappa shape index (κ2) is 3.54. The van der Waals surface area contributed by atoms with Crippen LogP contribution in [0.3, 0.4) is 0 Å². The molecule has 1 N–H and O–H groups in total. The quantitative estimate of drug-likeness (QED) is 0.325.